The fourth-order valence-electron chi connectivity index (χ4n) is 7.39. The second-order valence-corrected chi connectivity index (χ2v) is 13.6. The molecule has 0 bridgehead atoms. The summed E-state index contributed by atoms with van der Waals surface area (Å²) in [6, 6.07) is 51.6. The van der Waals surface area contributed by atoms with Gasteiger partial charge in [0.2, 0.25) is 0 Å². The molecule has 0 aliphatic heterocycles. The van der Waals surface area contributed by atoms with Crippen LogP contribution < -0.4 is 0 Å². The summed E-state index contributed by atoms with van der Waals surface area (Å²) in [7, 11) is 0. The third-order valence-corrected chi connectivity index (χ3v) is 10.2. The molecule has 9 rings (SSSR count). The molecule has 59 heavy (non-hydrogen) atoms. The topological polar surface area (TPSA) is 104 Å². The number of fused-ring (bicyclic) bond motifs is 3. The lowest BCUT2D eigenvalue weighted by Crippen LogP contribution is -2.01. The average molecular weight is 752 g/mol. The van der Waals surface area contributed by atoms with Gasteiger partial charge in [-0.3, -0.25) is 0 Å². The summed E-state index contributed by atoms with van der Waals surface area (Å²) in [5.41, 5.74) is 9.54. The highest BCUT2D eigenvalue weighted by atomic mass is 15.0. The van der Waals surface area contributed by atoms with Crippen LogP contribution in [0.2, 0.25) is 0 Å². The first-order valence-corrected chi connectivity index (χ1v) is 18.3. The van der Waals surface area contributed by atoms with Gasteiger partial charge >= 0.3 is 0 Å². The van der Waals surface area contributed by atoms with Crippen molar-refractivity contribution in [3.63, 3.8) is 0 Å². The minimum absolute atomic E-state index is 0.354. The van der Waals surface area contributed by atoms with Crippen LogP contribution in [0.25, 0.3) is 98.4 Å². The normalized spacial score (nSPS) is 10.6. The minimum atomic E-state index is 0.354. The first-order valence-electron chi connectivity index (χ1n) is 18.3. The number of hydrogen-bond acceptors (Lipinski definition) is 5. The molecule has 9 nitrogen and oxygen atoms in total. The van der Waals surface area contributed by atoms with Crippen LogP contribution in [-0.4, -0.2) is 19.5 Å². The zero-order valence-electron chi connectivity index (χ0n) is 31.0. The number of nitriles is 2. The van der Waals surface area contributed by atoms with Gasteiger partial charge < -0.3 is 4.57 Å². The molecule has 0 N–H and O–H groups in total. The molecule has 2 heterocycles. The number of rotatable bonds is 6. The molecule has 0 atom stereocenters. The zero-order chi connectivity index (χ0) is 40.5. The summed E-state index contributed by atoms with van der Waals surface area (Å²) in [6.07, 6.45) is 0. The molecule has 0 radical (unpaired) electrons. The van der Waals surface area contributed by atoms with Crippen molar-refractivity contribution in [2.45, 2.75) is 0 Å². The highest BCUT2D eigenvalue weighted by Gasteiger charge is 2.20. The minimum Gasteiger partial charge on any atom is -0.311 e. The maximum absolute atomic E-state index is 10.0. The van der Waals surface area contributed by atoms with Crippen molar-refractivity contribution in [2.24, 2.45) is 0 Å². The van der Waals surface area contributed by atoms with Gasteiger partial charge in [0.1, 0.15) is 0 Å². The smallest absolute Gasteiger partial charge is 0.200 e. The lowest BCUT2D eigenvalue weighted by atomic mass is 9.97. The molecule has 0 fully saturated rings. The van der Waals surface area contributed by atoms with E-state index >= 15 is 0 Å². The third-order valence-electron chi connectivity index (χ3n) is 10.2. The summed E-state index contributed by atoms with van der Waals surface area (Å²) >= 11 is 0. The zero-order valence-corrected chi connectivity index (χ0v) is 31.0. The highest BCUT2D eigenvalue weighted by Crippen LogP contribution is 2.41. The fraction of sp³-hybridized carbons (Fsp3) is 0. The Morgan fingerprint density at radius 2 is 1.02 bits per heavy atom. The molecule has 2 aromatic heterocycles. The lowest BCUT2D eigenvalue weighted by Gasteiger charge is -2.13. The van der Waals surface area contributed by atoms with E-state index in [2.05, 4.69) is 31.2 Å². The van der Waals surface area contributed by atoms with Gasteiger partial charge in [0.25, 0.3) is 0 Å². The summed E-state index contributed by atoms with van der Waals surface area (Å²) < 4.78 is 2.09. The molecule has 270 valence electrons. The van der Waals surface area contributed by atoms with Crippen LogP contribution in [0.1, 0.15) is 11.1 Å². The van der Waals surface area contributed by atoms with Crippen LogP contribution in [0.3, 0.4) is 0 Å². The van der Waals surface area contributed by atoms with Gasteiger partial charge in [0.05, 0.1) is 42.9 Å². The molecule has 0 aliphatic carbocycles. The number of aromatic nitrogens is 4. The van der Waals surface area contributed by atoms with E-state index in [1.165, 1.54) is 0 Å². The highest BCUT2D eigenvalue weighted by molar-refractivity contribution is 6.12. The number of nitrogens with zero attached hydrogens (tertiary/aromatic N) is 9. The van der Waals surface area contributed by atoms with Crippen molar-refractivity contribution in [1.82, 2.24) is 19.5 Å². The first-order chi connectivity index (χ1) is 29.0. The quantitative estimate of drug-likeness (QED) is 0.157. The van der Waals surface area contributed by atoms with Gasteiger partial charge in [-0.1, -0.05) is 97.1 Å². The van der Waals surface area contributed by atoms with Gasteiger partial charge in [0.15, 0.2) is 34.5 Å². The van der Waals surface area contributed by atoms with Crippen molar-refractivity contribution >= 4 is 38.9 Å². The van der Waals surface area contributed by atoms with E-state index in [0.717, 1.165) is 49.7 Å². The molecule has 0 spiro atoms. The van der Waals surface area contributed by atoms with Gasteiger partial charge in [-0.05, 0) is 76.9 Å². The predicted octanol–water partition coefficient (Wildman–Crippen LogP) is 12.7. The molecule has 0 aliphatic rings. The second-order valence-electron chi connectivity index (χ2n) is 13.6. The van der Waals surface area contributed by atoms with Crippen LogP contribution in [-0.2, 0) is 0 Å². The molecular weight excluding hydrogens is 727 g/mol. The second kappa shape index (κ2) is 14.8. The van der Waals surface area contributed by atoms with Crippen LogP contribution in [0.5, 0.6) is 0 Å². The third kappa shape index (κ3) is 6.34. The molecule has 0 unspecified atom stereocenters. The van der Waals surface area contributed by atoms with Crippen LogP contribution >= 0.6 is 0 Å². The van der Waals surface area contributed by atoms with E-state index in [4.69, 9.17) is 34.7 Å². The van der Waals surface area contributed by atoms with Gasteiger partial charge in [0, 0.05) is 44.3 Å². The lowest BCUT2D eigenvalue weighted by molar-refractivity contribution is 1.07. The van der Waals surface area contributed by atoms with E-state index in [1.807, 2.05) is 115 Å². The van der Waals surface area contributed by atoms with Gasteiger partial charge in [-0.25, -0.2) is 29.5 Å². The Bertz CT molecular complexity index is 3200. The average Bonchev–Trinajstić information content (AvgIpc) is 3.64. The Kier molecular flexibility index (Phi) is 8.90. The SMILES string of the molecule is [C-]#[N+]c1ccc(-c2ccc3c(c2)c2cc(-c4ccc(C#N)cc4[N+]#[C-])ccc2n3-c2ccc(-c3nc(-c4ccccc4)nc(-c4ccccc4)n3)c([N+]#[C-])c2)c(C#N)c1. The van der Waals surface area contributed by atoms with Crippen molar-refractivity contribution in [3.8, 4) is 74.2 Å². The Hall–Kier alpha value is -9.20. The fourth-order valence-corrected chi connectivity index (χ4v) is 7.39. The molecule has 7 aromatic carbocycles. The molecular formula is C50H25N9. The monoisotopic (exact) mass is 751 g/mol. The van der Waals surface area contributed by atoms with Crippen LogP contribution in [0.4, 0.5) is 17.1 Å². The number of hydrogen-bond donors (Lipinski definition) is 0. The summed E-state index contributed by atoms with van der Waals surface area (Å²) in [6.45, 7) is 23.7. The Morgan fingerprint density at radius 1 is 0.458 bits per heavy atom. The van der Waals surface area contributed by atoms with E-state index in [-0.39, 0.29) is 0 Å². The largest absolute Gasteiger partial charge is 0.311 e. The maximum Gasteiger partial charge on any atom is 0.200 e. The molecule has 0 saturated heterocycles. The Labute approximate surface area is 339 Å². The number of benzene rings is 7. The molecule has 9 aromatic rings. The molecule has 9 heteroatoms. The maximum atomic E-state index is 10.0. The van der Waals surface area contributed by atoms with Crippen LogP contribution in [0.15, 0.2) is 152 Å². The van der Waals surface area contributed by atoms with Gasteiger partial charge in [-0.15, -0.1) is 0 Å². The van der Waals surface area contributed by atoms with Crippen molar-refractivity contribution in [1.29, 1.82) is 10.5 Å². The van der Waals surface area contributed by atoms with Crippen molar-refractivity contribution < 1.29 is 0 Å². The standard InChI is InChI=1S/C50H25N9/c1-53-37-17-20-39(36(25-37)30-52)34-15-22-46-42(26-34)43-27-35(40-19-14-31(29-51)24-44(40)54-2)16-23-47(43)59(46)38-18-21-41(45(28-38)55-3)50-57-48(32-10-6-4-7-11-32)56-49(58-50)33-12-8-5-9-13-33/h4-28H. The van der Waals surface area contributed by atoms with Crippen LogP contribution in [0, 0.1) is 42.4 Å². The Balaban J connectivity index is 1.25. The van der Waals surface area contributed by atoms with E-state index in [0.29, 0.717) is 62.4 Å². The van der Waals surface area contributed by atoms with E-state index in [1.54, 1.807) is 36.4 Å². The predicted molar refractivity (Wildman–Crippen MR) is 230 cm³/mol. The van der Waals surface area contributed by atoms with E-state index in [9.17, 15) is 10.5 Å². The first kappa shape index (κ1) is 35.5. The van der Waals surface area contributed by atoms with E-state index < -0.39 is 0 Å². The molecule has 0 amide bonds. The summed E-state index contributed by atoms with van der Waals surface area (Å²) in [5, 5.41) is 21.3. The van der Waals surface area contributed by atoms with Crippen molar-refractivity contribution in [3.05, 3.63) is 197 Å². The summed E-state index contributed by atoms with van der Waals surface area (Å²) in [4.78, 5) is 25.8. The summed E-state index contributed by atoms with van der Waals surface area (Å²) in [5.74, 6) is 1.37. The molecule has 0 saturated carbocycles. The van der Waals surface area contributed by atoms with Crippen molar-refractivity contribution in [2.75, 3.05) is 0 Å². The Morgan fingerprint density at radius 3 is 1.59 bits per heavy atom. The van der Waals surface area contributed by atoms with Gasteiger partial charge in [-0.2, -0.15) is 10.5 Å².